The smallest absolute Gasteiger partial charge is 0.324 e. The lowest BCUT2D eigenvalue weighted by Gasteiger charge is -2.21. The van der Waals surface area contributed by atoms with Crippen molar-refractivity contribution in [1.82, 2.24) is 4.72 Å². The minimum absolute atomic E-state index is 0.0699. The van der Waals surface area contributed by atoms with Crippen molar-refractivity contribution < 1.29 is 22.7 Å². The summed E-state index contributed by atoms with van der Waals surface area (Å²) in [6, 6.07) is 5.03. The zero-order valence-electron chi connectivity index (χ0n) is 12.6. The summed E-state index contributed by atoms with van der Waals surface area (Å²) < 4.78 is 36.7. The predicted octanol–water partition coefficient (Wildman–Crippen LogP) is 1.56. The predicted molar refractivity (Wildman–Crippen MR) is 78.6 cm³/mol. The normalized spacial score (nSPS) is 14.3. The molecule has 118 valence electrons. The van der Waals surface area contributed by atoms with E-state index < -0.39 is 22.0 Å². The fourth-order valence-corrected chi connectivity index (χ4v) is 3.04. The minimum Gasteiger partial charge on any atom is -0.497 e. The molecule has 7 heteroatoms. The van der Waals surface area contributed by atoms with Crippen molar-refractivity contribution in [3.05, 3.63) is 24.3 Å². The van der Waals surface area contributed by atoms with E-state index in [-0.39, 0.29) is 10.8 Å². The molecule has 0 fully saturated rings. The zero-order chi connectivity index (χ0) is 16.0. The van der Waals surface area contributed by atoms with Gasteiger partial charge in [-0.2, -0.15) is 4.72 Å². The van der Waals surface area contributed by atoms with Crippen LogP contribution < -0.4 is 9.46 Å². The van der Waals surface area contributed by atoms with E-state index in [9.17, 15) is 13.2 Å². The maximum atomic E-state index is 12.3. The van der Waals surface area contributed by atoms with Gasteiger partial charge in [-0.15, -0.1) is 0 Å². The maximum Gasteiger partial charge on any atom is 0.324 e. The molecular formula is C14H21NO5S. The highest BCUT2D eigenvalue weighted by molar-refractivity contribution is 7.89. The average Bonchev–Trinajstić information content (AvgIpc) is 2.51. The second kappa shape index (κ2) is 7.42. The number of ether oxygens (including phenoxy) is 2. The first-order chi connectivity index (χ1) is 9.85. The third kappa shape index (κ3) is 4.44. The number of benzene rings is 1. The Kier molecular flexibility index (Phi) is 6.17. The third-order valence-corrected chi connectivity index (χ3v) is 4.78. The van der Waals surface area contributed by atoms with Crippen LogP contribution in [0.2, 0.25) is 0 Å². The molecule has 0 aliphatic carbocycles. The van der Waals surface area contributed by atoms with Crippen LogP contribution in [0.25, 0.3) is 0 Å². The molecule has 0 amide bonds. The van der Waals surface area contributed by atoms with Crippen molar-refractivity contribution in [2.45, 2.75) is 31.2 Å². The summed E-state index contributed by atoms with van der Waals surface area (Å²) in [5.74, 6) is -0.215. The van der Waals surface area contributed by atoms with Gasteiger partial charge in [0.2, 0.25) is 10.0 Å². The van der Waals surface area contributed by atoms with Crippen LogP contribution in [0.15, 0.2) is 29.2 Å². The first-order valence-electron chi connectivity index (χ1n) is 6.60. The molecule has 0 heterocycles. The summed E-state index contributed by atoms with van der Waals surface area (Å²) in [6.07, 6.45) is 0.644. The zero-order valence-corrected chi connectivity index (χ0v) is 13.4. The fourth-order valence-electron chi connectivity index (χ4n) is 1.75. The van der Waals surface area contributed by atoms with Gasteiger partial charge in [0.15, 0.2) is 0 Å². The van der Waals surface area contributed by atoms with E-state index >= 15 is 0 Å². The number of nitrogens with one attached hydrogen (secondary N) is 1. The van der Waals surface area contributed by atoms with E-state index in [1.165, 1.54) is 26.4 Å². The molecule has 1 aromatic rings. The van der Waals surface area contributed by atoms with Crippen molar-refractivity contribution in [1.29, 1.82) is 0 Å². The largest absolute Gasteiger partial charge is 0.497 e. The highest BCUT2D eigenvalue weighted by atomic mass is 32.2. The van der Waals surface area contributed by atoms with Gasteiger partial charge in [0.1, 0.15) is 11.8 Å². The molecule has 21 heavy (non-hydrogen) atoms. The average molecular weight is 315 g/mol. The lowest BCUT2D eigenvalue weighted by Crippen LogP contribution is -2.45. The molecule has 0 aliphatic heterocycles. The molecule has 0 radical (unpaired) electrons. The molecule has 2 atom stereocenters. The quantitative estimate of drug-likeness (QED) is 0.772. The number of sulfonamides is 1. The summed E-state index contributed by atoms with van der Waals surface area (Å²) in [5.41, 5.74) is 0. The first-order valence-corrected chi connectivity index (χ1v) is 8.08. The Balaban J connectivity index is 3.02. The summed E-state index contributed by atoms with van der Waals surface area (Å²) >= 11 is 0. The fraction of sp³-hybridized carbons (Fsp3) is 0.500. The molecule has 1 aromatic carbocycles. The Morgan fingerprint density at radius 2 is 1.81 bits per heavy atom. The van der Waals surface area contributed by atoms with Crippen molar-refractivity contribution in [3.63, 3.8) is 0 Å². The molecule has 0 unspecified atom stereocenters. The second-order valence-electron chi connectivity index (χ2n) is 4.68. The highest BCUT2D eigenvalue weighted by Gasteiger charge is 2.30. The van der Waals surface area contributed by atoms with E-state index in [2.05, 4.69) is 9.46 Å². The van der Waals surface area contributed by atoms with E-state index in [0.29, 0.717) is 12.2 Å². The summed E-state index contributed by atoms with van der Waals surface area (Å²) in [7, 11) is -1.07. The molecule has 0 saturated heterocycles. The van der Waals surface area contributed by atoms with E-state index in [1.807, 2.05) is 6.92 Å². The second-order valence-corrected chi connectivity index (χ2v) is 6.40. The number of hydrogen-bond acceptors (Lipinski definition) is 5. The van der Waals surface area contributed by atoms with Crippen LogP contribution in [0.3, 0.4) is 0 Å². The monoisotopic (exact) mass is 315 g/mol. The Morgan fingerprint density at radius 1 is 1.24 bits per heavy atom. The number of rotatable bonds is 7. The number of carbonyl (C=O) groups excluding carboxylic acids is 1. The van der Waals surface area contributed by atoms with Crippen molar-refractivity contribution in [2.75, 3.05) is 14.2 Å². The number of hydrogen-bond donors (Lipinski definition) is 1. The molecule has 0 aliphatic rings. The van der Waals surface area contributed by atoms with Gasteiger partial charge < -0.3 is 9.47 Å². The SMILES string of the molecule is CC[C@@H](C)[C@@H](NS(=O)(=O)c1ccc(OC)cc1)C(=O)OC. The summed E-state index contributed by atoms with van der Waals surface area (Å²) in [6.45, 7) is 3.67. The molecule has 1 rings (SSSR count). The lowest BCUT2D eigenvalue weighted by atomic mass is 10.0. The van der Waals surface area contributed by atoms with Crippen molar-refractivity contribution in [2.24, 2.45) is 5.92 Å². The van der Waals surface area contributed by atoms with Crippen molar-refractivity contribution >= 4 is 16.0 Å². The summed E-state index contributed by atoms with van der Waals surface area (Å²) in [4.78, 5) is 11.8. The number of methoxy groups -OCH3 is 2. The standard InChI is InChI=1S/C14H21NO5S/c1-5-10(2)13(14(16)20-4)15-21(17,18)12-8-6-11(19-3)7-9-12/h6-10,13,15H,5H2,1-4H3/t10-,13-/m1/s1. The molecule has 6 nitrogen and oxygen atoms in total. The van der Waals surface area contributed by atoms with Gasteiger partial charge >= 0.3 is 5.97 Å². The Bertz CT molecular complexity index is 568. The molecule has 0 saturated carbocycles. The van der Waals surface area contributed by atoms with Gasteiger partial charge in [-0.3, -0.25) is 4.79 Å². The molecule has 0 spiro atoms. The van der Waals surface area contributed by atoms with Crippen LogP contribution in [0.5, 0.6) is 5.75 Å². The number of esters is 1. The van der Waals surface area contributed by atoms with E-state index in [0.717, 1.165) is 0 Å². The van der Waals surface area contributed by atoms with E-state index in [1.54, 1.807) is 19.1 Å². The molecule has 0 aromatic heterocycles. The van der Waals surface area contributed by atoms with Crippen molar-refractivity contribution in [3.8, 4) is 5.75 Å². The van der Waals surface area contributed by atoms with Gasteiger partial charge in [0, 0.05) is 0 Å². The Labute approximate surface area is 125 Å². The molecular weight excluding hydrogens is 294 g/mol. The van der Waals surface area contributed by atoms with Gasteiger partial charge in [0.05, 0.1) is 19.1 Å². The molecule has 0 bridgehead atoms. The van der Waals surface area contributed by atoms with Crippen LogP contribution in [0, 0.1) is 5.92 Å². The number of carbonyl (C=O) groups is 1. The molecule has 1 N–H and O–H groups in total. The van der Waals surface area contributed by atoms with Crippen LogP contribution >= 0.6 is 0 Å². The van der Waals surface area contributed by atoms with Crippen LogP contribution in [-0.4, -0.2) is 34.6 Å². The van der Waals surface area contributed by atoms with Crippen LogP contribution in [-0.2, 0) is 19.6 Å². The Hall–Kier alpha value is -1.60. The highest BCUT2D eigenvalue weighted by Crippen LogP contribution is 2.18. The van der Waals surface area contributed by atoms with Crippen LogP contribution in [0.4, 0.5) is 0 Å². The first kappa shape index (κ1) is 17.5. The van der Waals surface area contributed by atoms with Gasteiger partial charge in [0.25, 0.3) is 0 Å². The Morgan fingerprint density at radius 3 is 2.24 bits per heavy atom. The summed E-state index contributed by atoms with van der Waals surface area (Å²) in [5, 5.41) is 0. The van der Waals surface area contributed by atoms with E-state index in [4.69, 9.17) is 4.74 Å². The van der Waals surface area contributed by atoms with Gasteiger partial charge in [-0.05, 0) is 30.2 Å². The van der Waals surface area contributed by atoms with Gasteiger partial charge in [-0.25, -0.2) is 8.42 Å². The topological polar surface area (TPSA) is 81.7 Å². The third-order valence-electron chi connectivity index (χ3n) is 3.32. The van der Waals surface area contributed by atoms with Crippen LogP contribution in [0.1, 0.15) is 20.3 Å². The maximum absolute atomic E-state index is 12.3. The van der Waals surface area contributed by atoms with Gasteiger partial charge in [-0.1, -0.05) is 20.3 Å². The lowest BCUT2D eigenvalue weighted by molar-refractivity contribution is -0.143. The minimum atomic E-state index is -3.80.